The van der Waals surface area contributed by atoms with E-state index in [4.69, 9.17) is 30.4 Å². The van der Waals surface area contributed by atoms with Crippen LogP contribution in [0.15, 0.2) is 12.7 Å². The highest BCUT2D eigenvalue weighted by Gasteiger charge is 2.72. The maximum Gasteiger partial charge on any atom is 0.398 e. The van der Waals surface area contributed by atoms with Crippen molar-refractivity contribution in [3.63, 3.8) is 0 Å². The van der Waals surface area contributed by atoms with E-state index in [1.807, 2.05) is 0 Å². The van der Waals surface area contributed by atoms with Crippen LogP contribution < -0.4 is 0 Å². The first-order valence-electron chi connectivity index (χ1n) is 15.6. The lowest BCUT2D eigenvalue weighted by Gasteiger charge is -2.60. The third kappa shape index (κ3) is 9.99. The molecule has 2 atom stereocenters. The van der Waals surface area contributed by atoms with Gasteiger partial charge in [-0.1, -0.05) is 101 Å². The van der Waals surface area contributed by atoms with Gasteiger partial charge >= 0.3 is 23.1 Å². The molecule has 0 saturated heterocycles. The van der Waals surface area contributed by atoms with E-state index in [0.717, 1.165) is 12.8 Å². The minimum absolute atomic E-state index is 0.00725. The SMILES string of the molecule is C=CC(=O)O[Si](O[Si](O[Si](C)(C)C)(C(C)(C)C(O[SiH2]C)O[SiH2]C)C(C)(C)C(O[SiH2]C)O[SiH2]C)(C(C)CC)C(C)CC. The van der Waals surface area contributed by atoms with E-state index in [1.54, 1.807) is 0 Å². The second-order valence-corrected chi connectivity index (χ2v) is 29.8. The average Bonchev–Trinajstić information content (AvgIpc) is 2.89. The molecule has 0 aliphatic carbocycles. The third-order valence-electron chi connectivity index (χ3n) is 7.93. The minimum atomic E-state index is -3.63. The molecule has 0 N–H and O–H groups in total. The van der Waals surface area contributed by atoms with Gasteiger partial charge in [-0.3, -0.25) is 0 Å². The highest BCUT2D eigenvalue weighted by molar-refractivity contribution is 6.91. The van der Waals surface area contributed by atoms with Crippen molar-refractivity contribution in [3.8, 4) is 0 Å². The number of rotatable bonds is 22. The van der Waals surface area contributed by atoms with Crippen molar-refractivity contribution in [2.45, 2.75) is 148 Å². The van der Waals surface area contributed by atoms with Gasteiger partial charge in [-0.05, 0) is 19.6 Å². The van der Waals surface area contributed by atoms with Crippen LogP contribution in [0.3, 0.4) is 0 Å². The van der Waals surface area contributed by atoms with Crippen molar-refractivity contribution < 1.29 is 35.2 Å². The fourth-order valence-corrected chi connectivity index (χ4v) is 27.2. The van der Waals surface area contributed by atoms with Crippen LogP contribution in [0.2, 0.25) is 67.0 Å². The summed E-state index contributed by atoms with van der Waals surface area (Å²) >= 11 is 0. The standard InChI is InChI=1S/C26H64O8Si7/c1-17-20(4)40(21(5)18-2,32-22(27)19-3)34-41(33-39(14,15)16,25(6,7)23(28-35-10)29-36-11)26(8,9)24(30-37-12)31-38-13/h19-21,23-24H,3,17-18,35-38H2,1-2,4-16H3. The summed E-state index contributed by atoms with van der Waals surface area (Å²) in [5, 5.41) is -1.39. The molecule has 244 valence electrons. The Hall–Kier alpha value is 0.488. The summed E-state index contributed by atoms with van der Waals surface area (Å²) in [5.74, 6) is -0.444. The lowest BCUT2D eigenvalue weighted by molar-refractivity contribution is -0.131. The summed E-state index contributed by atoms with van der Waals surface area (Å²) in [6.45, 7) is 36.2. The quantitative estimate of drug-likeness (QED) is 0.0900. The van der Waals surface area contributed by atoms with Gasteiger partial charge in [0.25, 0.3) is 0 Å². The molecule has 0 aliphatic rings. The Morgan fingerprint density at radius 2 is 1.10 bits per heavy atom. The lowest BCUT2D eigenvalue weighted by Crippen LogP contribution is -2.73. The fourth-order valence-electron chi connectivity index (χ4n) is 5.56. The van der Waals surface area contributed by atoms with Crippen molar-refractivity contribution in [1.82, 2.24) is 0 Å². The first-order chi connectivity index (χ1) is 18.9. The van der Waals surface area contributed by atoms with Gasteiger partial charge < -0.3 is 30.4 Å². The fraction of sp³-hybridized carbons (Fsp3) is 0.885. The zero-order chi connectivity index (χ0) is 32.3. The highest BCUT2D eigenvalue weighted by atomic mass is 28.5. The number of carbonyl (C=O) groups is 1. The van der Waals surface area contributed by atoms with Gasteiger partial charge in [0.1, 0.15) is 12.6 Å². The molecule has 15 heteroatoms. The Morgan fingerprint density at radius 3 is 1.34 bits per heavy atom. The van der Waals surface area contributed by atoms with E-state index < -0.39 is 93.1 Å². The van der Waals surface area contributed by atoms with E-state index in [1.165, 1.54) is 6.08 Å². The molecule has 0 amide bonds. The summed E-state index contributed by atoms with van der Waals surface area (Å²) in [6.07, 6.45) is 1.88. The molecular weight excluding hydrogens is 637 g/mol. The molecule has 0 heterocycles. The Labute approximate surface area is 265 Å². The molecule has 41 heavy (non-hydrogen) atoms. The van der Waals surface area contributed by atoms with Gasteiger partial charge in [0.2, 0.25) is 0 Å². The van der Waals surface area contributed by atoms with Crippen LogP contribution in [0, 0.1) is 0 Å². The van der Waals surface area contributed by atoms with Gasteiger partial charge in [0.15, 0.2) is 47.4 Å². The van der Waals surface area contributed by atoms with Crippen LogP contribution in [-0.4, -0.2) is 83.0 Å². The molecule has 0 saturated carbocycles. The number of hydrogen-bond acceptors (Lipinski definition) is 8. The molecule has 8 nitrogen and oxygen atoms in total. The van der Waals surface area contributed by atoms with E-state index >= 15 is 0 Å². The minimum Gasteiger partial charge on any atom is -0.491 e. The van der Waals surface area contributed by atoms with Gasteiger partial charge in [-0.25, -0.2) is 4.79 Å². The summed E-state index contributed by atoms with van der Waals surface area (Å²) < 4.78 is 48.1. The van der Waals surface area contributed by atoms with Crippen molar-refractivity contribution in [3.05, 3.63) is 12.7 Å². The maximum atomic E-state index is 13.1. The van der Waals surface area contributed by atoms with E-state index in [0.29, 0.717) is 0 Å². The smallest absolute Gasteiger partial charge is 0.398 e. The summed E-state index contributed by atoms with van der Waals surface area (Å²) in [6, 6.07) is 0. The van der Waals surface area contributed by atoms with Crippen molar-refractivity contribution >= 4 is 70.5 Å². The van der Waals surface area contributed by atoms with Gasteiger partial charge in [-0.15, -0.1) is 0 Å². The summed E-state index contributed by atoms with van der Waals surface area (Å²) in [7, 11) is -12.7. The first kappa shape index (κ1) is 41.5. The van der Waals surface area contributed by atoms with Crippen LogP contribution in [0.25, 0.3) is 0 Å². The van der Waals surface area contributed by atoms with Gasteiger partial charge in [-0.2, -0.15) is 0 Å². The highest BCUT2D eigenvalue weighted by Crippen LogP contribution is 2.61. The topological polar surface area (TPSA) is 81.7 Å². The number of carbonyl (C=O) groups excluding carboxylic acids is 1. The summed E-state index contributed by atoms with van der Waals surface area (Å²) in [5.41, 5.74) is 0.0145. The van der Waals surface area contributed by atoms with E-state index in [9.17, 15) is 4.79 Å². The largest absolute Gasteiger partial charge is 0.491 e. The second-order valence-electron chi connectivity index (χ2n) is 12.8. The van der Waals surface area contributed by atoms with Crippen molar-refractivity contribution in [2.24, 2.45) is 0 Å². The van der Waals surface area contributed by atoms with Crippen molar-refractivity contribution in [1.29, 1.82) is 0 Å². The molecule has 0 aromatic rings. The predicted molar refractivity (Wildman–Crippen MR) is 190 cm³/mol. The van der Waals surface area contributed by atoms with Crippen LogP contribution in [0.1, 0.15) is 68.2 Å². The Balaban J connectivity index is 8.22. The van der Waals surface area contributed by atoms with Crippen molar-refractivity contribution in [2.75, 3.05) is 0 Å². The molecule has 0 aliphatic heterocycles. The molecule has 0 bridgehead atoms. The molecule has 0 aromatic heterocycles. The lowest BCUT2D eigenvalue weighted by atomic mass is 10.2. The molecule has 0 aromatic carbocycles. The van der Waals surface area contributed by atoms with Crippen LogP contribution in [-0.2, 0) is 35.2 Å². The zero-order valence-electron chi connectivity index (χ0n) is 29.1. The molecular formula is C26H64O8Si7. The zero-order valence-corrected chi connectivity index (χ0v) is 37.8. The van der Waals surface area contributed by atoms with E-state index in [2.05, 4.69) is 108 Å². The Kier molecular flexibility index (Phi) is 18.1. The predicted octanol–water partition coefficient (Wildman–Crippen LogP) is 4.87. The molecule has 0 radical (unpaired) electrons. The monoisotopic (exact) mass is 700 g/mol. The van der Waals surface area contributed by atoms with Crippen LogP contribution >= 0.6 is 0 Å². The molecule has 0 fully saturated rings. The van der Waals surface area contributed by atoms with Crippen LogP contribution in [0.4, 0.5) is 0 Å². The summed E-state index contributed by atoms with van der Waals surface area (Å²) in [4.78, 5) is 13.1. The average molecular weight is 701 g/mol. The van der Waals surface area contributed by atoms with Crippen LogP contribution in [0.5, 0.6) is 0 Å². The number of hydrogen-bond donors (Lipinski definition) is 0. The normalized spacial score (nSPS) is 20.2. The molecule has 0 rings (SSSR count). The van der Waals surface area contributed by atoms with Gasteiger partial charge in [0, 0.05) is 17.2 Å². The van der Waals surface area contributed by atoms with E-state index in [-0.39, 0.29) is 11.1 Å². The maximum absolute atomic E-state index is 13.1. The first-order valence-corrected chi connectivity index (χ1v) is 30.8. The molecule has 0 spiro atoms. The van der Waals surface area contributed by atoms with Gasteiger partial charge in [0.05, 0.1) is 10.1 Å². The molecule has 2 unspecified atom stereocenters. The second kappa shape index (κ2) is 17.8. The third-order valence-corrected chi connectivity index (χ3v) is 24.4. The Morgan fingerprint density at radius 1 is 0.756 bits per heavy atom. The Bertz CT molecular complexity index is 744.